The molecule has 7 heteroatoms. The van der Waals surface area contributed by atoms with Gasteiger partial charge in [0.15, 0.2) is 11.3 Å². The quantitative estimate of drug-likeness (QED) is 0.511. The third-order valence-electron chi connectivity index (χ3n) is 3.94. The molecular formula is C20H18BrClN2O3. The standard InChI is InChI=1S/C20H18BrClN2O3/c1-13-9-16(10-14(2)20(13)22)26-12-19(25)24(18-5-3-4-8-23-18)11-15-6-7-17(21)27-15/h3-10H,11-12H2,1-2H3. The number of rotatable bonds is 6. The van der Waals surface area contributed by atoms with Crippen molar-refractivity contribution in [1.29, 1.82) is 0 Å². The number of furan rings is 1. The van der Waals surface area contributed by atoms with Gasteiger partial charge >= 0.3 is 0 Å². The van der Waals surface area contributed by atoms with Crippen molar-refractivity contribution in [2.75, 3.05) is 11.5 Å². The summed E-state index contributed by atoms with van der Waals surface area (Å²) < 4.78 is 11.9. The molecule has 0 bridgehead atoms. The van der Waals surface area contributed by atoms with Gasteiger partial charge in [-0.25, -0.2) is 4.98 Å². The highest BCUT2D eigenvalue weighted by Crippen LogP contribution is 2.26. The van der Waals surface area contributed by atoms with Crippen LogP contribution < -0.4 is 9.64 Å². The molecule has 2 heterocycles. The number of halogens is 2. The SMILES string of the molecule is Cc1cc(OCC(=O)N(Cc2ccc(Br)o2)c2ccccn2)cc(C)c1Cl. The maximum absolute atomic E-state index is 12.8. The van der Waals surface area contributed by atoms with Gasteiger partial charge in [-0.1, -0.05) is 17.7 Å². The average Bonchev–Trinajstić information content (AvgIpc) is 3.07. The second kappa shape index (κ2) is 8.59. The summed E-state index contributed by atoms with van der Waals surface area (Å²) >= 11 is 9.46. The van der Waals surface area contributed by atoms with Crippen molar-refractivity contribution in [3.8, 4) is 5.75 Å². The molecule has 5 nitrogen and oxygen atoms in total. The van der Waals surface area contributed by atoms with E-state index in [9.17, 15) is 4.79 Å². The van der Waals surface area contributed by atoms with Crippen LogP contribution in [-0.4, -0.2) is 17.5 Å². The van der Waals surface area contributed by atoms with Gasteiger partial charge in [-0.15, -0.1) is 0 Å². The third kappa shape index (κ3) is 4.90. The van der Waals surface area contributed by atoms with Gasteiger partial charge in [0.05, 0.1) is 6.54 Å². The molecule has 0 radical (unpaired) electrons. The van der Waals surface area contributed by atoms with Crippen LogP contribution in [0.2, 0.25) is 5.02 Å². The lowest BCUT2D eigenvalue weighted by Gasteiger charge is -2.21. The largest absolute Gasteiger partial charge is 0.484 e. The summed E-state index contributed by atoms with van der Waals surface area (Å²) in [6.07, 6.45) is 1.64. The van der Waals surface area contributed by atoms with E-state index in [0.717, 1.165) is 11.1 Å². The van der Waals surface area contributed by atoms with Gasteiger partial charge in [0, 0.05) is 11.2 Å². The second-order valence-electron chi connectivity index (χ2n) is 6.03. The van der Waals surface area contributed by atoms with Crippen LogP contribution in [-0.2, 0) is 11.3 Å². The Morgan fingerprint density at radius 2 is 1.96 bits per heavy atom. The minimum absolute atomic E-state index is 0.126. The lowest BCUT2D eigenvalue weighted by Crippen LogP contribution is -2.35. The van der Waals surface area contributed by atoms with Crippen molar-refractivity contribution in [3.63, 3.8) is 0 Å². The van der Waals surface area contributed by atoms with Crippen LogP contribution in [0.15, 0.2) is 57.7 Å². The Labute approximate surface area is 171 Å². The van der Waals surface area contributed by atoms with E-state index in [1.807, 2.05) is 32.0 Å². The zero-order chi connectivity index (χ0) is 19.4. The lowest BCUT2D eigenvalue weighted by molar-refractivity contribution is -0.120. The molecule has 0 fully saturated rings. The van der Waals surface area contributed by atoms with Gasteiger partial charge < -0.3 is 9.15 Å². The number of anilines is 1. The fourth-order valence-electron chi connectivity index (χ4n) is 2.62. The Balaban J connectivity index is 1.76. The number of nitrogens with zero attached hydrogens (tertiary/aromatic N) is 2. The summed E-state index contributed by atoms with van der Waals surface area (Å²) in [6.45, 7) is 3.93. The maximum Gasteiger partial charge on any atom is 0.266 e. The Morgan fingerprint density at radius 1 is 1.22 bits per heavy atom. The van der Waals surface area contributed by atoms with Crippen molar-refractivity contribution in [2.24, 2.45) is 0 Å². The molecule has 0 spiro atoms. The number of ether oxygens (including phenoxy) is 1. The summed E-state index contributed by atoms with van der Waals surface area (Å²) in [5.74, 6) is 1.54. The summed E-state index contributed by atoms with van der Waals surface area (Å²) in [7, 11) is 0. The number of hydrogen-bond acceptors (Lipinski definition) is 4. The smallest absolute Gasteiger partial charge is 0.266 e. The predicted octanol–water partition coefficient (Wildman–Crippen LogP) is 5.32. The molecule has 0 aliphatic rings. The molecule has 140 valence electrons. The van der Waals surface area contributed by atoms with Crippen LogP contribution in [0.1, 0.15) is 16.9 Å². The number of hydrogen-bond donors (Lipinski definition) is 0. The molecule has 0 unspecified atom stereocenters. The van der Waals surface area contributed by atoms with Gasteiger partial charge in [0.1, 0.15) is 17.3 Å². The van der Waals surface area contributed by atoms with Gasteiger partial charge in [0.25, 0.3) is 5.91 Å². The zero-order valence-corrected chi connectivity index (χ0v) is 17.3. The first kappa shape index (κ1) is 19.5. The van der Waals surface area contributed by atoms with Crippen molar-refractivity contribution in [3.05, 3.63) is 75.2 Å². The normalized spacial score (nSPS) is 10.7. The number of benzene rings is 1. The Hall–Kier alpha value is -2.31. The minimum atomic E-state index is -0.230. The van der Waals surface area contributed by atoms with Crippen LogP contribution in [0.4, 0.5) is 5.82 Å². The van der Waals surface area contributed by atoms with E-state index >= 15 is 0 Å². The highest BCUT2D eigenvalue weighted by atomic mass is 79.9. The summed E-state index contributed by atoms with van der Waals surface area (Å²) in [6, 6.07) is 12.6. The van der Waals surface area contributed by atoms with E-state index in [4.69, 9.17) is 20.8 Å². The van der Waals surface area contributed by atoms with Crippen LogP contribution >= 0.6 is 27.5 Å². The number of carbonyl (C=O) groups is 1. The van der Waals surface area contributed by atoms with Gasteiger partial charge in [-0.05, 0) is 77.3 Å². The molecule has 0 saturated carbocycles. The number of carbonyl (C=O) groups excluding carboxylic acids is 1. The Morgan fingerprint density at radius 3 is 2.56 bits per heavy atom. The van der Waals surface area contributed by atoms with Crippen LogP contribution in [0.5, 0.6) is 5.75 Å². The predicted molar refractivity (Wildman–Crippen MR) is 108 cm³/mol. The number of pyridine rings is 1. The first-order chi connectivity index (χ1) is 12.9. The summed E-state index contributed by atoms with van der Waals surface area (Å²) in [5.41, 5.74) is 1.81. The van der Waals surface area contributed by atoms with Crippen molar-refractivity contribution in [2.45, 2.75) is 20.4 Å². The van der Waals surface area contributed by atoms with E-state index in [2.05, 4.69) is 20.9 Å². The summed E-state index contributed by atoms with van der Waals surface area (Å²) in [5, 5.41) is 0.701. The molecule has 0 N–H and O–H groups in total. The highest BCUT2D eigenvalue weighted by molar-refractivity contribution is 9.10. The summed E-state index contributed by atoms with van der Waals surface area (Å²) in [4.78, 5) is 18.7. The fraction of sp³-hybridized carbons (Fsp3) is 0.200. The van der Waals surface area contributed by atoms with E-state index < -0.39 is 0 Å². The minimum Gasteiger partial charge on any atom is -0.484 e. The molecule has 27 heavy (non-hydrogen) atoms. The number of aryl methyl sites for hydroxylation is 2. The first-order valence-corrected chi connectivity index (χ1v) is 9.46. The molecule has 1 amide bonds. The molecule has 3 rings (SSSR count). The van der Waals surface area contributed by atoms with Crippen LogP contribution in [0.3, 0.4) is 0 Å². The van der Waals surface area contributed by atoms with Crippen molar-refractivity contribution in [1.82, 2.24) is 4.98 Å². The monoisotopic (exact) mass is 448 g/mol. The average molecular weight is 450 g/mol. The zero-order valence-electron chi connectivity index (χ0n) is 14.9. The molecule has 0 saturated heterocycles. The van der Waals surface area contributed by atoms with E-state index in [1.54, 1.807) is 30.5 Å². The second-order valence-corrected chi connectivity index (χ2v) is 7.19. The topological polar surface area (TPSA) is 55.6 Å². The van der Waals surface area contributed by atoms with E-state index in [0.29, 0.717) is 27.0 Å². The molecular weight excluding hydrogens is 432 g/mol. The molecule has 1 aromatic carbocycles. The third-order valence-corrected chi connectivity index (χ3v) is 4.96. The molecule has 2 aromatic heterocycles. The van der Waals surface area contributed by atoms with Crippen molar-refractivity contribution < 1.29 is 13.9 Å². The molecule has 0 atom stereocenters. The Bertz CT molecular complexity index is 920. The van der Waals surface area contributed by atoms with E-state index in [-0.39, 0.29) is 19.1 Å². The maximum atomic E-state index is 12.8. The van der Waals surface area contributed by atoms with Gasteiger partial charge in [-0.3, -0.25) is 9.69 Å². The molecule has 0 aliphatic carbocycles. The van der Waals surface area contributed by atoms with Gasteiger partial charge in [0.2, 0.25) is 0 Å². The number of amides is 1. The van der Waals surface area contributed by atoms with Crippen LogP contribution in [0, 0.1) is 13.8 Å². The first-order valence-electron chi connectivity index (χ1n) is 8.29. The van der Waals surface area contributed by atoms with Gasteiger partial charge in [-0.2, -0.15) is 0 Å². The van der Waals surface area contributed by atoms with Crippen LogP contribution in [0.25, 0.3) is 0 Å². The highest BCUT2D eigenvalue weighted by Gasteiger charge is 2.20. The Kier molecular flexibility index (Phi) is 6.19. The lowest BCUT2D eigenvalue weighted by atomic mass is 10.1. The molecule has 3 aromatic rings. The van der Waals surface area contributed by atoms with Crippen molar-refractivity contribution >= 4 is 39.3 Å². The van der Waals surface area contributed by atoms with E-state index in [1.165, 1.54) is 4.90 Å². The fourth-order valence-corrected chi connectivity index (χ4v) is 3.06. The number of aromatic nitrogens is 1. The molecule has 0 aliphatic heterocycles.